The fourth-order valence-electron chi connectivity index (χ4n) is 3.26. The third kappa shape index (κ3) is 6.74. The van der Waals surface area contributed by atoms with Crippen LogP contribution in [0.15, 0.2) is 47.6 Å². The van der Waals surface area contributed by atoms with Crippen LogP contribution in [0.3, 0.4) is 0 Å². The monoisotopic (exact) mass is 469 g/mol. The summed E-state index contributed by atoms with van der Waals surface area (Å²) in [6, 6.07) is 13.4. The quantitative estimate of drug-likeness (QED) is 0.288. The first-order valence-corrected chi connectivity index (χ1v) is 11.1. The van der Waals surface area contributed by atoms with Crippen LogP contribution in [0.2, 0.25) is 0 Å². The normalized spacial score (nSPS) is 11.7. The summed E-state index contributed by atoms with van der Waals surface area (Å²) in [4.78, 5) is 26.7. The molecule has 0 spiro atoms. The molecule has 3 rings (SSSR count). The number of carboxylic acid groups (broad SMARTS) is 1. The second-order valence-corrected chi connectivity index (χ2v) is 8.13. The fraction of sp³-hybridized carbons (Fsp3) is 0.261. The number of nitrogens with zero attached hydrogens (tertiary/aromatic N) is 2. The van der Waals surface area contributed by atoms with E-state index in [-0.39, 0.29) is 17.8 Å². The SMILES string of the molecule is C=[O+]C(CCOC)c1cc(-c2cccc(NC(C)=O)c2)cc(-c2nc(SCC(=O)O)n[nH]2)c1. The van der Waals surface area contributed by atoms with Gasteiger partial charge in [0.15, 0.2) is 5.82 Å². The molecule has 9 nitrogen and oxygen atoms in total. The second-order valence-electron chi connectivity index (χ2n) is 7.19. The highest BCUT2D eigenvalue weighted by Gasteiger charge is 2.22. The van der Waals surface area contributed by atoms with E-state index >= 15 is 0 Å². The zero-order chi connectivity index (χ0) is 23.8. The van der Waals surface area contributed by atoms with Crippen molar-refractivity contribution in [3.63, 3.8) is 0 Å². The Balaban J connectivity index is 2.04. The van der Waals surface area contributed by atoms with Crippen molar-refractivity contribution in [3.8, 4) is 22.5 Å². The predicted molar refractivity (Wildman–Crippen MR) is 126 cm³/mol. The van der Waals surface area contributed by atoms with Crippen LogP contribution in [0.5, 0.6) is 0 Å². The molecule has 33 heavy (non-hydrogen) atoms. The van der Waals surface area contributed by atoms with Crippen molar-refractivity contribution < 1.29 is 23.9 Å². The molecule has 0 saturated heterocycles. The molecule has 0 bridgehead atoms. The maximum Gasteiger partial charge on any atom is 0.313 e. The predicted octanol–water partition coefficient (Wildman–Crippen LogP) is 3.72. The fourth-order valence-corrected chi connectivity index (χ4v) is 3.78. The summed E-state index contributed by atoms with van der Waals surface area (Å²) in [6.07, 6.45) is 0.288. The van der Waals surface area contributed by atoms with E-state index in [9.17, 15) is 9.59 Å². The van der Waals surface area contributed by atoms with Gasteiger partial charge in [0, 0.05) is 25.3 Å². The van der Waals surface area contributed by atoms with Gasteiger partial charge in [0.1, 0.15) is 0 Å². The smallest absolute Gasteiger partial charge is 0.313 e. The first-order valence-electron chi connectivity index (χ1n) is 10.1. The molecule has 0 saturated carbocycles. The van der Waals surface area contributed by atoms with E-state index < -0.39 is 5.97 Å². The molecule has 1 heterocycles. The lowest BCUT2D eigenvalue weighted by molar-refractivity contribution is -0.502. The number of carboxylic acids is 1. The third-order valence-electron chi connectivity index (χ3n) is 4.69. The summed E-state index contributed by atoms with van der Waals surface area (Å²) in [7, 11) is 1.63. The van der Waals surface area contributed by atoms with E-state index in [4.69, 9.17) is 14.3 Å². The average molecular weight is 470 g/mol. The van der Waals surface area contributed by atoms with Crippen LogP contribution in [0.1, 0.15) is 25.0 Å². The highest BCUT2D eigenvalue weighted by Crippen LogP contribution is 2.32. The molecule has 1 amide bonds. The summed E-state index contributed by atoms with van der Waals surface area (Å²) in [5, 5.41) is 19.0. The molecule has 1 unspecified atom stereocenters. The number of aromatic nitrogens is 3. The number of thioether (sulfide) groups is 1. The molecule has 2 aromatic carbocycles. The van der Waals surface area contributed by atoms with E-state index in [0.717, 1.165) is 34.0 Å². The molecule has 3 aromatic rings. The molecule has 0 aliphatic heterocycles. The molecular weight excluding hydrogens is 444 g/mol. The van der Waals surface area contributed by atoms with Gasteiger partial charge in [-0.1, -0.05) is 23.9 Å². The first-order chi connectivity index (χ1) is 15.9. The van der Waals surface area contributed by atoms with Gasteiger partial charge in [-0.15, -0.1) is 5.10 Å². The Hall–Kier alpha value is -3.50. The number of aromatic amines is 1. The van der Waals surface area contributed by atoms with Gasteiger partial charge in [0.2, 0.25) is 11.1 Å². The van der Waals surface area contributed by atoms with E-state index in [1.165, 1.54) is 6.92 Å². The van der Waals surface area contributed by atoms with Crippen molar-refractivity contribution in [1.82, 2.24) is 15.2 Å². The number of hydrogen-bond donors (Lipinski definition) is 3. The number of H-pyrrole nitrogens is 1. The number of carbonyl (C=O) groups is 2. The Labute approximate surface area is 195 Å². The lowest BCUT2D eigenvalue weighted by atomic mass is 9.96. The Morgan fingerprint density at radius 1 is 1.24 bits per heavy atom. The van der Waals surface area contributed by atoms with Gasteiger partial charge < -0.3 is 15.2 Å². The Morgan fingerprint density at radius 2 is 2.03 bits per heavy atom. The number of benzene rings is 2. The third-order valence-corrected chi connectivity index (χ3v) is 5.52. The number of nitrogens with one attached hydrogen (secondary N) is 2. The molecule has 10 heteroatoms. The number of amides is 1. The molecule has 0 aliphatic rings. The minimum Gasteiger partial charge on any atom is -0.481 e. The van der Waals surface area contributed by atoms with Gasteiger partial charge in [-0.3, -0.25) is 19.1 Å². The van der Waals surface area contributed by atoms with Crippen LogP contribution in [0, 0.1) is 0 Å². The van der Waals surface area contributed by atoms with E-state index in [1.54, 1.807) is 7.11 Å². The largest absolute Gasteiger partial charge is 0.481 e. The lowest BCUT2D eigenvalue weighted by Crippen LogP contribution is -2.05. The molecular formula is C23H25N4O5S+. The highest BCUT2D eigenvalue weighted by atomic mass is 32.2. The lowest BCUT2D eigenvalue weighted by Gasteiger charge is -2.11. The summed E-state index contributed by atoms with van der Waals surface area (Å²) in [5.41, 5.74) is 4.07. The van der Waals surface area contributed by atoms with Gasteiger partial charge in [0.05, 0.1) is 24.3 Å². The molecule has 0 aliphatic carbocycles. The van der Waals surface area contributed by atoms with Crippen molar-refractivity contribution in [1.29, 1.82) is 0 Å². The first kappa shape index (κ1) is 24.1. The Morgan fingerprint density at radius 3 is 2.73 bits per heavy atom. The van der Waals surface area contributed by atoms with Crippen molar-refractivity contribution in [2.24, 2.45) is 0 Å². The average Bonchev–Trinajstić information content (AvgIpc) is 3.27. The number of ether oxygens (including phenoxy) is 1. The zero-order valence-electron chi connectivity index (χ0n) is 18.3. The molecule has 3 N–H and O–H groups in total. The van der Waals surface area contributed by atoms with Crippen molar-refractivity contribution in [2.75, 3.05) is 24.8 Å². The summed E-state index contributed by atoms with van der Waals surface area (Å²) in [5.74, 6) is -0.728. The summed E-state index contributed by atoms with van der Waals surface area (Å²) < 4.78 is 10.7. The van der Waals surface area contributed by atoms with E-state index in [1.807, 2.05) is 42.5 Å². The van der Waals surface area contributed by atoms with Crippen LogP contribution in [-0.2, 0) is 18.8 Å². The second kappa shape index (κ2) is 11.4. The molecule has 172 valence electrons. The van der Waals surface area contributed by atoms with Gasteiger partial charge in [-0.2, -0.15) is 0 Å². The number of anilines is 1. The Bertz CT molecular complexity index is 1150. The number of hydrogen-bond acceptors (Lipinski definition) is 6. The number of aliphatic carboxylic acids is 1. The number of carbonyl (C=O) groups excluding carboxylic acids is 2. The van der Waals surface area contributed by atoms with Crippen molar-refractivity contribution in [2.45, 2.75) is 24.6 Å². The van der Waals surface area contributed by atoms with Gasteiger partial charge in [-0.25, -0.2) is 4.98 Å². The standard InChI is InChI=1S/C23H24N4O5S/c1-14(28)24-19-6-4-5-15(12-19)16-9-17(20(32-3)7-8-31-2)11-18(10-16)22-25-23(27-26-22)33-13-21(29)30/h4-6,9-12,20H,3,7-8,13H2,1-2H3,(H2-,24,25,26,27,28,29,30)/p+1. The number of methoxy groups -OCH3 is 1. The minimum atomic E-state index is -0.941. The molecule has 1 atom stereocenters. The topological polar surface area (TPSA) is 128 Å². The van der Waals surface area contributed by atoms with Crippen LogP contribution >= 0.6 is 11.8 Å². The maximum absolute atomic E-state index is 11.5. The van der Waals surface area contributed by atoms with Crippen LogP contribution in [0.4, 0.5) is 5.69 Å². The van der Waals surface area contributed by atoms with Gasteiger partial charge in [-0.05, 0) is 41.5 Å². The van der Waals surface area contributed by atoms with Crippen molar-refractivity contribution >= 4 is 36.1 Å². The summed E-state index contributed by atoms with van der Waals surface area (Å²) >= 11 is 1.03. The summed E-state index contributed by atoms with van der Waals surface area (Å²) in [6.45, 7) is 5.57. The van der Waals surface area contributed by atoms with E-state index in [2.05, 4.69) is 27.3 Å². The zero-order valence-corrected chi connectivity index (χ0v) is 19.1. The molecule has 0 fully saturated rings. The van der Waals surface area contributed by atoms with Crippen LogP contribution in [-0.4, -0.2) is 58.4 Å². The van der Waals surface area contributed by atoms with E-state index in [0.29, 0.717) is 29.7 Å². The maximum atomic E-state index is 11.5. The van der Waals surface area contributed by atoms with Gasteiger partial charge >= 0.3 is 5.97 Å². The molecule has 1 aromatic heterocycles. The van der Waals surface area contributed by atoms with Crippen molar-refractivity contribution in [3.05, 3.63) is 48.0 Å². The molecule has 0 radical (unpaired) electrons. The van der Waals surface area contributed by atoms with Crippen LogP contribution in [0.25, 0.3) is 22.5 Å². The highest BCUT2D eigenvalue weighted by molar-refractivity contribution is 7.99. The number of rotatable bonds is 11. The minimum absolute atomic E-state index is 0.132. The van der Waals surface area contributed by atoms with Crippen LogP contribution < -0.4 is 5.32 Å². The Kier molecular flexibility index (Phi) is 8.34. The van der Waals surface area contributed by atoms with Gasteiger partial charge in [0.25, 0.3) is 12.9 Å².